The Kier molecular flexibility index (Phi) is 7.73. The highest BCUT2D eigenvalue weighted by molar-refractivity contribution is 9.10. The molecule has 160 valence electrons. The summed E-state index contributed by atoms with van der Waals surface area (Å²) < 4.78 is 19.6. The summed E-state index contributed by atoms with van der Waals surface area (Å²) in [5.74, 6) is -1.21. The summed E-state index contributed by atoms with van der Waals surface area (Å²) in [5.41, 5.74) is 1.16. The van der Waals surface area contributed by atoms with Gasteiger partial charge in [-0.2, -0.15) is 5.26 Å². The van der Waals surface area contributed by atoms with Gasteiger partial charge in [-0.15, -0.1) is 0 Å². The maximum absolute atomic E-state index is 13.6. The predicted octanol–water partition coefficient (Wildman–Crippen LogP) is 5.15. The summed E-state index contributed by atoms with van der Waals surface area (Å²) in [5, 5.41) is 14.5. The van der Waals surface area contributed by atoms with Gasteiger partial charge in [0.15, 0.2) is 6.61 Å². The molecule has 0 aromatic heterocycles. The second kappa shape index (κ2) is 10.9. The number of halogens is 2. The van der Waals surface area contributed by atoms with Gasteiger partial charge in [0.2, 0.25) is 0 Å². The van der Waals surface area contributed by atoms with Crippen molar-refractivity contribution in [2.45, 2.75) is 0 Å². The van der Waals surface area contributed by atoms with Crippen LogP contribution in [0.3, 0.4) is 0 Å². The molecule has 3 rings (SSSR count). The lowest BCUT2D eigenvalue weighted by atomic mass is 10.1. The molecule has 0 heterocycles. The van der Waals surface area contributed by atoms with Gasteiger partial charge in [0.25, 0.3) is 11.8 Å². The van der Waals surface area contributed by atoms with Crippen molar-refractivity contribution in [1.82, 2.24) is 0 Å². The first-order valence-electron chi connectivity index (χ1n) is 9.41. The summed E-state index contributed by atoms with van der Waals surface area (Å²) in [4.78, 5) is 24.4. The Morgan fingerprint density at radius 3 is 2.44 bits per heavy atom. The molecule has 0 saturated carbocycles. The van der Waals surface area contributed by atoms with Gasteiger partial charge in [0.05, 0.1) is 10.2 Å². The molecule has 0 unspecified atom stereocenters. The largest absolute Gasteiger partial charge is 0.483 e. The monoisotopic (exact) mass is 493 g/mol. The highest BCUT2D eigenvalue weighted by Crippen LogP contribution is 2.27. The van der Waals surface area contributed by atoms with Crippen molar-refractivity contribution in [2.24, 2.45) is 0 Å². The van der Waals surface area contributed by atoms with E-state index in [1.807, 2.05) is 12.1 Å². The molecule has 6 nitrogen and oxygen atoms in total. The van der Waals surface area contributed by atoms with Crippen molar-refractivity contribution in [1.29, 1.82) is 5.26 Å². The molecular formula is C24H17BrFN3O3. The number of nitriles is 1. The highest BCUT2D eigenvalue weighted by Gasteiger charge is 2.12. The van der Waals surface area contributed by atoms with E-state index in [0.29, 0.717) is 21.5 Å². The first-order chi connectivity index (χ1) is 15.5. The fourth-order valence-electron chi connectivity index (χ4n) is 2.65. The smallest absolute Gasteiger partial charge is 0.266 e. The van der Waals surface area contributed by atoms with Gasteiger partial charge in [-0.3, -0.25) is 9.59 Å². The van der Waals surface area contributed by atoms with Crippen molar-refractivity contribution in [3.05, 3.63) is 94.2 Å². The van der Waals surface area contributed by atoms with E-state index < -0.39 is 17.6 Å². The molecule has 32 heavy (non-hydrogen) atoms. The minimum Gasteiger partial charge on any atom is -0.483 e. The highest BCUT2D eigenvalue weighted by atomic mass is 79.9. The van der Waals surface area contributed by atoms with E-state index in [4.69, 9.17) is 4.74 Å². The first-order valence-corrected chi connectivity index (χ1v) is 10.2. The SMILES string of the molecule is N#C/C(=C\c1ccc(OCC(=O)Nc2ccccc2F)c(Br)c1)C(=O)Nc1ccccc1. The number of rotatable bonds is 7. The fourth-order valence-corrected chi connectivity index (χ4v) is 3.16. The lowest BCUT2D eigenvalue weighted by Gasteiger charge is -2.10. The van der Waals surface area contributed by atoms with Crippen molar-refractivity contribution in [3.63, 3.8) is 0 Å². The Hall–Kier alpha value is -3.96. The molecule has 2 amide bonds. The average Bonchev–Trinajstić information content (AvgIpc) is 2.79. The van der Waals surface area contributed by atoms with Crippen molar-refractivity contribution in [3.8, 4) is 11.8 Å². The maximum Gasteiger partial charge on any atom is 0.266 e. The Bertz CT molecular complexity index is 1210. The fraction of sp³-hybridized carbons (Fsp3) is 0.0417. The van der Waals surface area contributed by atoms with Gasteiger partial charge in [0.1, 0.15) is 23.2 Å². The van der Waals surface area contributed by atoms with Gasteiger partial charge < -0.3 is 15.4 Å². The number of para-hydroxylation sites is 2. The standard InChI is InChI=1S/C24H17BrFN3O3/c25-19-13-16(12-17(14-27)24(31)28-18-6-2-1-3-7-18)10-11-22(19)32-15-23(30)29-21-9-5-4-8-20(21)26/h1-13H,15H2,(H,28,31)(H,29,30)/b17-12+. The van der Waals surface area contributed by atoms with Gasteiger partial charge in [-0.25, -0.2) is 4.39 Å². The van der Waals surface area contributed by atoms with E-state index in [1.165, 1.54) is 24.3 Å². The molecule has 0 spiro atoms. The number of benzene rings is 3. The topological polar surface area (TPSA) is 91.2 Å². The molecular weight excluding hydrogens is 477 g/mol. The Labute approximate surface area is 192 Å². The number of nitrogens with zero attached hydrogens (tertiary/aromatic N) is 1. The number of hydrogen-bond acceptors (Lipinski definition) is 4. The number of carbonyl (C=O) groups excluding carboxylic acids is 2. The minimum absolute atomic E-state index is 0.0680. The van der Waals surface area contributed by atoms with Crippen LogP contribution in [0.25, 0.3) is 6.08 Å². The van der Waals surface area contributed by atoms with Crippen LogP contribution in [-0.4, -0.2) is 18.4 Å². The molecule has 0 aliphatic heterocycles. The van der Waals surface area contributed by atoms with E-state index in [9.17, 15) is 19.2 Å². The van der Waals surface area contributed by atoms with E-state index >= 15 is 0 Å². The summed E-state index contributed by atoms with van der Waals surface area (Å²) in [6.45, 7) is -0.328. The zero-order chi connectivity index (χ0) is 22.9. The number of hydrogen-bond donors (Lipinski definition) is 2. The average molecular weight is 494 g/mol. The van der Waals surface area contributed by atoms with E-state index in [1.54, 1.807) is 48.5 Å². The van der Waals surface area contributed by atoms with Crippen LogP contribution in [0.4, 0.5) is 15.8 Å². The summed E-state index contributed by atoms with van der Waals surface area (Å²) in [6, 6.07) is 21.4. The van der Waals surface area contributed by atoms with E-state index in [0.717, 1.165) is 0 Å². The van der Waals surface area contributed by atoms with Crippen LogP contribution in [0.15, 0.2) is 82.8 Å². The number of carbonyl (C=O) groups is 2. The zero-order valence-corrected chi connectivity index (χ0v) is 18.2. The number of nitrogens with one attached hydrogen (secondary N) is 2. The Morgan fingerprint density at radius 2 is 1.75 bits per heavy atom. The minimum atomic E-state index is -0.539. The summed E-state index contributed by atoms with van der Waals surface area (Å²) in [6.07, 6.45) is 1.44. The number of amides is 2. The van der Waals surface area contributed by atoms with Crippen LogP contribution in [0.5, 0.6) is 5.75 Å². The van der Waals surface area contributed by atoms with Gasteiger partial charge >= 0.3 is 0 Å². The maximum atomic E-state index is 13.6. The van der Waals surface area contributed by atoms with Crippen LogP contribution < -0.4 is 15.4 Å². The molecule has 3 aromatic carbocycles. The molecule has 0 fully saturated rings. The first kappa shape index (κ1) is 22.7. The second-order valence-electron chi connectivity index (χ2n) is 6.50. The van der Waals surface area contributed by atoms with Gasteiger partial charge in [0, 0.05) is 5.69 Å². The lowest BCUT2D eigenvalue weighted by molar-refractivity contribution is -0.118. The third kappa shape index (κ3) is 6.27. The Morgan fingerprint density at radius 1 is 1.03 bits per heavy atom. The van der Waals surface area contributed by atoms with Gasteiger partial charge in [-0.1, -0.05) is 36.4 Å². The molecule has 0 saturated heterocycles. The molecule has 0 radical (unpaired) electrons. The molecule has 2 N–H and O–H groups in total. The quantitative estimate of drug-likeness (QED) is 0.351. The third-order valence-electron chi connectivity index (χ3n) is 4.17. The van der Waals surface area contributed by atoms with Crippen molar-refractivity contribution >= 4 is 45.2 Å². The second-order valence-corrected chi connectivity index (χ2v) is 7.35. The van der Waals surface area contributed by atoms with Gasteiger partial charge in [-0.05, 0) is 64.0 Å². The van der Waals surface area contributed by atoms with Crippen LogP contribution >= 0.6 is 15.9 Å². The molecule has 0 aliphatic carbocycles. The zero-order valence-electron chi connectivity index (χ0n) is 16.6. The third-order valence-corrected chi connectivity index (χ3v) is 4.79. The van der Waals surface area contributed by atoms with Crippen LogP contribution in [0.2, 0.25) is 0 Å². The van der Waals surface area contributed by atoms with E-state index in [-0.39, 0.29) is 17.9 Å². The summed E-state index contributed by atoms with van der Waals surface area (Å²) in [7, 11) is 0. The Balaban J connectivity index is 1.63. The van der Waals surface area contributed by atoms with Crippen molar-refractivity contribution in [2.75, 3.05) is 17.2 Å². The van der Waals surface area contributed by atoms with E-state index in [2.05, 4.69) is 26.6 Å². The molecule has 8 heteroatoms. The van der Waals surface area contributed by atoms with Crippen LogP contribution in [-0.2, 0) is 9.59 Å². The molecule has 0 atom stereocenters. The van der Waals surface area contributed by atoms with Crippen LogP contribution in [0, 0.1) is 17.1 Å². The normalized spacial score (nSPS) is 10.7. The predicted molar refractivity (Wildman–Crippen MR) is 123 cm³/mol. The van der Waals surface area contributed by atoms with Crippen molar-refractivity contribution < 1.29 is 18.7 Å². The number of ether oxygens (including phenoxy) is 1. The number of anilines is 2. The lowest BCUT2D eigenvalue weighted by Crippen LogP contribution is -2.20. The summed E-state index contributed by atoms with van der Waals surface area (Å²) >= 11 is 3.35. The molecule has 3 aromatic rings. The van der Waals surface area contributed by atoms with Crippen LogP contribution in [0.1, 0.15) is 5.56 Å². The molecule has 0 bridgehead atoms. The molecule has 0 aliphatic rings.